The monoisotopic (exact) mass is 300 g/mol. The minimum atomic E-state index is -4.37. The van der Waals surface area contributed by atoms with E-state index in [0.717, 1.165) is 12.2 Å². The predicted octanol–water partition coefficient (Wildman–Crippen LogP) is 4.18. The van der Waals surface area contributed by atoms with E-state index in [1.807, 2.05) is 13.0 Å². The van der Waals surface area contributed by atoms with Crippen molar-refractivity contribution in [2.45, 2.75) is 25.6 Å². The average Bonchev–Trinajstić information content (AvgIpc) is 2.97. The number of nitrogens with one attached hydrogen (secondary N) is 1. The zero-order chi connectivity index (χ0) is 15.3. The Bertz CT molecular complexity index is 538. The standard InChI is InChI=1S/C14H15F3N2O2/c1-2-11(12-4-3-7-20-12)19-10-5-6-13(18-8-10)21-9-14(15,16)17/h3-8,11,19H,2,9H2,1H3. The van der Waals surface area contributed by atoms with Crippen molar-refractivity contribution in [3.05, 3.63) is 42.5 Å². The Kier molecular flexibility index (Phi) is 4.72. The van der Waals surface area contributed by atoms with Gasteiger partial charge in [0.05, 0.1) is 24.2 Å². The molecule has 0 spiro atoms. The van der Waals surface area contributed by atoms with Crippen LogP contribution in [-0.2, 0) is 0 Å². The number of halogens is 3. The van der Waals surface area contributed by atoms with Crippen LogP contribution in [0.2, 0.25) is 0 Å². The van der Waals surface area contributed by atoms with E-state index in [1.165, 1.54) is 12.3 Å². The van der Waals surface area contributed by atoms with Gasteiger partial charge in [-0.1, -0.05) is 6.92 Å². The van der Waals surface area contributed by atoms with Crippen LogP contribution in [0.25, 0.3) is 0 Å². The summed E-state index contributed by atoms with van der Waals surface area (Å²) in [5, 5.41) is 3.20. The molecule has 0 radical (unpaired) electrons. The highest BCUT2D eigenvalue weighted by molar-refractivity contribution is 5.43. The van der Waals surface area contributed by atoms with Crippen LogP contribution >= 0.6 is 0 Å². The van der Waals surface area contributed by atoms with E-state index in [9.17, 15) is 13.2 Å². The quantitative estimate of drug-likeness (QED) is 0.869. The van der Waals surface area contributed by atoms with Crippen molar-refractivity contribution in [3.8, 4) is 5.88 Å². The largest absolute Gasteiger partial charge is 0.468 e. The third-order valence-electron chi connectivity index (χ3n) is 2.76. The summed E-state index contributed by atoms with van der Waals surface area (Å²) in [5.74, 6) is 0.721. The molecule has 1 N–H and O–H groups in total. The van der Waals surface area contributed by atoms with Crippen molar-refractivity contribution in [2.24, 2.45) is 0 Å². The molecule has 1 unspecified atom stereocenters. The molecule has 21 heavy (non-hydrogen) atoms. The highest BCUT2D eigenvalue weighted by atomic mass is 19.4. The van der Waals surface area contributed by atoms with Crippen molar-refractivity contribution in [1.29, 1.82) is 0 Å². The number of anilines is 1. The van der Waals surface area contributed by atoms with Gasteiger partial charge in [-0.3, -0.25) is 0 Å². The number of pyridine rings is 1. The van der Waals surface area contributed by atoms with Crippen LogP contribution in [0.5, 0.6) is 5.88 Å². The minimum absolute atomic E-state index is 0.0243. The molecular weight excluding hydrogens is 285 g/mol. The van der Waals surface area contributed by atoms with Gasteiger partial charge in [-0.15, -0.1) is 0 Å². The van der Waals surface area contributed by atoms with Crippen LogP contribution in [0.3, 0.4) is 0 Å². The van der Waals surface area contributed by atoms with E-state index in [-0.39, 0.29) is 11.9 Å². The summed E-state index contributed by atoms with van der Waals surface area (Å²) in [6.07, 6.45) is -0.561. The number of ether oxygens (including phenoxy) is 1. The van der Waals surface area contributed by atoms with Crippen LogP contribution in [-0.4, -0.2) is 17.8 Å². The summed E-state index contributed by atoms with van der Waals surface area (Å²) in [6.45, 7) is 0.644. The van der Waals surface area contributed by atoms with E-state index in [2.05, 4.69) is 15.0 Å². The first-order chi connectivity index (χ1) is 9.98. The second-order valence-electron chi connectivity index (χ2n) is 4.41. The molecule has 0 aliphatic rings. The fraction of sp³-hybridized carbons (Fsp3) is 0.357. The molecule has 1 atom stereocenters. The number of hydrogen-bond donors (Lipinski definition) is 1. The molecular formula is C14H15F3N2O2. The van der Waals surface area contributed by atoms with Gasteiger partial charge < -0.3 is 14.5 Å². The molecule has 4 nitrogen and oxygen atoms in total. The van der Waals surface area contributed by atoms with Gasteiger partial charge in [0, 0.05) is 6.07 Å². The number of nitrogens with zero attached hydrogens (tertiary/aromatic N) is 1. The Balaban J connectivity index is 1.95. The zero-order valence-electron chi connectivity index (χ0n) is 11.4. The summed E-state index contributed by atoms with van der Waals surface area (Å²) in [6, 6.07) is 6.64. The summed E-state index contributed by atoms with van der Waals surface area (Å²) in [7, 11) is 0. The van der Waals surface area contributed by atoms with Gasteiger partial charge >= 0.3 is 6.18 Å². The highest BCUT2D eigenvalue weighted by Gasteiger charge is 2.28. The van der Waals surface area contributed by atoms with Crippen LogP contribution in [0, 0.1) is 0 Å². The molecule has 2 aromatic heterocycles. The van der Waals surface area contributed by atoms with Crippen molar-refractivity contribution in [2.75, 3.05) is 11.9 Å². The van der Waals surface area contributed by atoms with E-state index in [4.69, 9.17) is 4.42 Å². The van der Waals surface area contributed by atoms with Crippen LogP contribution in [0.4, 0.5) is 18.9 Å². The molecule has 7 heteroatoms. The molecule has 0 saturated carbocycles. The maximum absolute atomic E-state index is 12.0. The lowest BCUT2D eigenvalue weighted by Crippen LogP contribution is -2.19. The number of rotatable bonds is 6. The minimum Gasteiger partial charge on any atom is -0.468 e. The Morgan fingerprint density at radius 3 is 2.67 bits per heavy atom. The molecule has 0 aromatic carbocycles. The average molecular weight is 300 g/mol. The molecule has 2 rings (SSSR count). The SMILES string of the molecule is CCC(Nc1ccc(OCC(F)(F)F)nc1)c1ccco1. The normalized spacial score (nSPS) is 13.0. The molecule has 0 saturated heterocycles. The highest BCUT2D eigenvalue weighted by Crippen LogP contribution is 2.23. The summed E-state index contributed by atoms with van der Waals surface area (Å²) < 4.78 is 45.9. The molecule has 114 valence electrons. The van der Waals surface area contributed by atoms with Gasteiger partial charge in [0.25, 0.3) is 0 Å². The van der Waals surface area contributed by atoms with E-state index in [1.54, 1.807) is 18.4 Å². The molecule has 0 amide bonds. The fourth-order valence-corrected chi connectivity index (χ4v) is 1.77. The van der Waals surface area contributed by atoms with Gasteiger partial charge in [-0.25, -0.2) is 4.98 Å². The summed E-state index contributed by atoms with van der Waals surface area (Å²) in [4.78, 5) is 3.84. The first-order valence-electron chi connectivity index (χ1n) is 6.43. The predicted molar refractivity (Wildman–Crippen MR) is 71.1 cm³/mol. The number of alkyl halides is 3. The maximum atomic E-state index is 12.0. The zero-order valence-corrected chi connectivity index (χ0v) is 11.4. The van der Waals surface area contributed by atoms with Crippen LogP contribution < -0.4 is 10.1 Å². The van der Waals surface area contributed by atoms with E-state index >= 15 is 0 Å². The van der Waals surface area contributed by atoms with Crippen LogP contribution in [0.15, 0.2) is 41.1 Å². The Morgan fingerprint density at radius 2 is 2.14 bits per heavy atom. The molecule has 0 aliphatic heterocycles. The van der Waals surface area contributed by atoms with Crippen LogP contribution in [0.1, 0.15) is 25.1 Å². The maximum Gasteiger partial charge on any atom is 0.422 e. The third kappa shape index (κ3) is 4.70. The smallest absolute Gasteiger partial charge is 0.422 e. The third-order valence-corrected chi connectivity index (χ3v) is 2.76. The molecule has 0 fully saturated rings. The number of furan rings is 1. The van der Waals surface area contributed by atoms with E-state index in [0.29, 0.717) is 5.69 Å². The lowest BCUT2D eigenvalue weighted by molar-refractivity contribution is -0.154. The topological polar surface area (TPSA) is 47.3 Å². The molecule has 2 heterocycles. The lowest BCUT2D eigenvalue weighted by Gasteiger charge is -2.16. The van der Waals surface area contributed by atoms with Crippen molar-refractivity contribution >= 4 is 5.69 Å². The van der Waals surface area contributed by atoms with E-state index < -0.39 is 12.8 Å². The first kappa shape index (κ1) is 15.2. The first-order valence-corrected chi connectivity index (χ1v) is 6.43. The molecule has 0 bridgehead atoms. The Labute approximate surface area is 119 Å². The molecule has 0 aliphatic carbocycles. The van der Waals surface area contributed by atoms with Crippen molar-refractivity contribution < 1.29 is 22.3 Å². The summed E-state index contributed by atoms with van der Waals surface area (Å²) >= 11 is 0. The number of hydrogen-bond acceptors (Lipinski definition) is 4. The van der Waals surface area contributed by atoms with Crippen molar-refractivity contribution in [1.82, 2.24) is 4.98 Å². The van der Waals surface area contributed by atoms with Gasteiger partial charge in [-0.05, 0) is 24.6 Å². The van der Waals surface area contributed by atoms with Gasteiger partial charge in [0.2, 0.25) is 5.88 Å². The second-order valence-corrected chi connectivity index (χ2v) is 4.41. The van der Waals surface area contributed by atoms with Gasteiger partial charge in [0.1, 0.15) is 5.76 Å². The second kappa shape index (κ2) is 6.51. The Hall–Kier alpha value is -2.18. The number of aromatic nitrogens is 1. The van der Waals surface area contributed by atoms with Gasteiger partial charge in [0.15, 0.2) is 6.61 Å². The molecule has 2 aromatic rings. The van der Waals surface area contributed by atoms with Gasteiger partial charge in [-0.2, -0.15) is 13.2 Å². The van der Waals surface area contributed by atoms with Crippen molar-refractivity contribution in [3.63, 3.8) is 0 Å². The summed E-state index contributed by atoms with van der Waals surface area (Å²) in [5.41, 5.74) is 0.678. The lowest BCUT2D eigenvalue weighted by atomic mass is 10.1. The Morgan fingerprint density at radius 1 is 1.33 bits per heavy atom. The fourth-order valence-electron chi connectivity index (χ4n) is 1.77.